The third-order valence-corrected chi connectivity index (χ3v) is 6.79. The number of amides is 2. The highest BCUT2D eigenvalue weighted by Crippen LogP contribution is 2.27. The molecule has 4 aromatic rings. The summed E-state index contributed by atoms with van der Waals surface area (Å²) in [6, 6.07) is 12.9. The number of carbonyl (C=O) groups excluding carboxylic acids is 2. The molecule has 0 spiro atoms. The molecule has 0 aliphatic heterocycles. The zero-order chi connectivity index (χ0) is 28.3. The number of aromatic nitrogens is 4. The summed E-state index contributed by atoms with van der Waals surface area (Å²) in [7, 11) is 0. The summed E-state index contributed by atoms with van der Waals surface area (Å²) in [4.78, 5) is 34.3. The fourth-order valence-corrected chi connectivity index (χ4v) is 4.93. The molecule has 1 fully saturated rings. The van der Waals surface area contributed by atoms with Crippen molar-refractivity contribution in [3.05, 3.63) is 72.2 Å². The Morgan fingerprint density at radius 2 is 1.80 bits per heavy atom. The first-order chi connectivity index (χ1) is 19.1. The van der Waals surface area contributed by atoms with Crippen LogP contribution in [0.5, 0.6) is 0 Å². The molecule has 208 valence electrons. The number of ether oxygens (including phenoxy) is 1. The molecular formula is C30H35N7O3. The molecule has 3 N–H and O–H groups in total. The molecule has 3 heterocycles. The van der Waals surface area contributed by atoms with Gasteiger partial charge in [0.25, 0.3) is 5.91 Å². The Bertz CT molecular complexity index is 1510. The topological polar surface area (TPSA) is 123 Å². The van der Waals surface area contributed by atoms with Crippen LogP contribution in [-0.2, 0) is 4.74 Å². The third kappa shape index (κ3) is 6.56. The molecule has 2 amide bonds. The standard InChI is InChI=1S/C30H35N7O3/c1-19-17-31-28(36-26(19)24-18-32-37-15-6-5-10-25(24)37)34-23-9-7-8-22(16-23)33-27(38)20-11-13-21(14-12-20)35-29(39)40-30(2,3)4/h5-6,10-15,17-18,22-23H,7-9,16H2,1-4H3,(H,33,38)(H,35,39)(H,31,34,36)/t22-,23+/m0/s1. The number of hydrogen-bond acceptors (Lipinski definition) is 7. The van der Waals surface area contributed by atoms with Gasteiger partial charge in [-0.1, -0.05) is 6.07 Å². The molecular weight excluding hydrogens is 506 g/mol. The minimum atomic E-state index is -0.584. The maximum Gasteiger partial charge on any atom is 0.412 e. The largest absolute Gasteiger partial charge is 0.444 e. The first-order valence-corrected chi connectivity index (χ1v) is 13.6. The highest BCUT2D eigenvalue weighted by atomic mass is 16.6. The lowest BCUT2D eigenvalue weighted by Gasteiger charge is -2.30. The number of anilines is 2. The number of nitrogens with one attached hydrogen (secondary N) is 3. The minimum absolute atomic E-state index is 0.0304. The molecule has 0 saturated heterocycles. The smallest absolute Gasteiger partial charge is 0.412 e. The second-order valence-electron chi connectivity index (χ2n) is 11.2. The maximum atomic E-state index is 12.9. The lowest BCUT2D eigenvalue weighted by atomic mass is 9.91. The van der Waals surface area contributed by atoms with Crippen LogP contribution in [0.1, 0.15) is 62.4 Å². The molecule has 40 heavy (non-hydrogen) atoms. The predicted octanol–water partition coefficient (Wildman–Crippen LogP) is 5.60. The summed E-state index contributed by atoms with van der Waals surface area (Å²) in [6.45, 7) is 7.41. The van der Waals surface area contributed by atoms with E-state index >= 15 is 0 Å². The van der Waals surface area contributed by atoms with Crippen molar-refractivity contribution in [2.45, 2.75) is 71.1 Å². The molecule has 0 bridgehead atoms. The van der Waals surface area contributed by atoms with E-state index in [2.05, 4.69) is 26.0 Å². The summed E-state index contributed by atoms with van der Waals surface area (Å²) < 4.78 is 7.11. The molecule has 1 saturated carbocycles. The molecule has 1 aliphatic carbocycles. The van der Waals surface area contributed by atoms with Crippen molar-refractivity contribution in [1.29, 1.82) is 0 Å². The van der Waals surface area contributed by atoms with Crippen molar-refractivity contribution in [3.63, 3.8) is 0 Å². The van der Waals surface area contributed by atoms with E-state index in [1.807, 2.05) is 48.2 Å². The highest BCUT2D eigenvalue weighted by Gasteiger charge is 2.25. The van der Waals surface area contributed by atoms with Crippen LogP contribution in [0.25, 0.3) is 16.8 Å². The van der Waals surface area contributed by atoms with Gasteiger partial charge in [0.05, 0.1) is 17.4 Å². The summed E-state index contributed by atoms with van der Waals surface area (Å²) in [5.41, 5.74) is 4.29. The quantitative estimate of drug-likeness (QED) is 0.290. The average Bonchev–Trinajstić information content (AvgIpc) is 3.33. The lowest BCUT2D eigenvalue weighted by molar-refractivity contribution is 0.0635. The fraction of sp³-hybridized carbons (Fsp3) is 0.367. The number of nitrogens with zero attached hydrogens (tertiary/aromatic N) is 4. The normalized spacial score (nSPS) is 17.3. The average molecular weight is 542 g/mol. The number of rotatable bonds is 6. The Kier molecular flexibility index (Phi) is 7.68. The number of benzene rings is 1. The van der Waals surface area contributed by atoms with Crippen molar-refractivity contribution in [2.75, 3.05) is 10.6 Å². The molecule has 1 aliphatic rings. The van der Waals surface area contributed by atoms with Gasteiger partial charge in [0.2, 0.25) is 5.95 Å². The van der Waals surface area contributed by atoms with Crippen molar-refractivity contribution in [3.8, 4) is 11.3 Å². The van der Waals surface area contributed by atoms with Crippen molar-refractivity contribution >= 4 is 29.2 Å². The summed E-state index contributed by atoms with van der Waals surface area (Å²) in [6.07, 6.45) is 8.68. The van der Waals surface area contributed by atoms with Gasteiger partial charge in [-0.3, -0.25) is 10.1 Å². The van der Waals surface area contributed by atoms with Gasteiger partial charge in [-0.2, -0.15) is 5.10 Å². The van der Waals surface area contributed by atoms with E-state index in [0.717, 1.165) is 48.0 Å². The van der Waals surface area contributed by atoms with Crippen LogP contribution in [0.4, 0.5) is 16.4 Å². The Balaban J connectivity index is 1.19. The highest BCUT2D eigenvalue weighted by molar-refractivity contribution is 5.95. The minimum Gasteiger partial charge on any atom is -0.444 e. The van der Waals surface area contributed by atoms with Gasteiger partial charge in [0.15, 0.2) is 0 Å². The maximum absolute atomic E-state index is 12.9. The summed E-state index contributed by atoms with van der Waals surface area (Å²) >= 11 is 0. The van der Waals surface area contributed by atoms with Crippen LogP contribution in [-0.4, -0.2) is 49.3 Å². The Labute approximate surface area is 233 Å². The summed E-state index contributed by atoms with van der Waals surface area (Å²) in [5.74, 6) is 0.428. The van der Waals surface area contributed by atoms with Crippen molar-refractivity contribution < 1.29 is 14.3 Å². The van der Waals surface area contributed by atoms with Crippen LogP contribution in [0, 0.1) is 6.92 Å². The number of fused-ring (bicyclic) bond motifs is 1. The van der Waals surface area contributed by atoms with Crippen LogP contribution in [0.15, 0.2) is 61.1 Å². The predicted molar refractivity (Wildman–Crippen MR) is 154 cm³/mol. The number of carbonyl (C=O) groups is 2. The second kappa shape index (κ2) is 11.3. The zero-order valence-electron chi connectivity index (χ0n) is 23.3. The Morgan fingerprint density at radius 3 is 2.58 bits per heavy atom. The van der Waals surface area contributed by atoms with Crippen LogP contribution < -0.4 is 16.0 Å². The van der Waals surface area contributed by atoms with Gasteiger partial charge in [-0.15, -0.1) is 0 Å². The van der Waals surface area contributed by atoms with Gasteiger partial charge in [-0.25, -0.2) is 19.3 Å². The van der Waals surface area contributed by atoms with E-state index in [1.54, 1.807) is 45.0 Å². The number of hydrogen-bond donors (Lipinski definition) is 3. The van der Waals surface area contributed by atoms with E-state index in [0.29, 0.717) is 17.2 Å². The van der Waals surface area contributed by atoms with Crippen LogP contribution >= 0.6 is 0 Å². The van der Waals surface area contributed by atoms with Gasteiger partial charge < -0.3 is 15.4 Å². The molecule has 1 aromatic carbocycles. The van der Waals surface area contributed by atoms with E-state index in [4.69, 9.17) is 9.72 Å². The molecule has 0 unspecified atom stereocenters. The molecule has 2 atom stereocenters. The van der Waals surface area contributed by atoms with Crippen LogP contribution in [0.2, 0.25) is 0 Å². The fourth-order valence-electron chi connectivity index (χ4n) is 4.93. The third-order valence-electron chi connectivity index (χ3n) is 6.79. The molecule has 0 radical (unpaired) electrons. The number of aryl methyl sites for hydroxylation is 1. The molecule has 3 aromatic heterocycles. The zero-order valence-corrected chi connectivity index (χ0v) is 23.3. The Morgan fingerprint density at radius 1 is 1.02 bits per heavy atom. The van der Waals surface area contributed by atoms with Crippen molar-refractivity contribution in [1.82, 2.24) is 24.9 Å². The first-order valence-electron chi connectivity index (χ1n) is 13.6. The van der Waals surface area contributed by atoms with E-state index in [1.165, 1.54) is 0 Å². The first kappa shape index (κ1) is 27.1. The van der Waals surface area contributed by atoms with E-state index in [-0.39, 0.29) is 18.0 Å². The monoisotopic (exact) mass is 541 g/mol. The molecule has 5 rings (SSSR count). The van der Waals surface area contributed by atoms with Gasteiger partial charge in [-0.05, 0) is 95.3 Å². The van der Waals surface area contributed by atoms with E-state index in [9.17, 15) is 9.59 Å². The van der Waals surface area contributed by atoms with Gasteiger partial charge >= 0.3 is 6.09 Å². The summed E-state index contributed by atoms with van der Waals surface area (Å²) in [5, 5.41) is 13.8. The van der Waals surface area contributed by atoms with Gasteiger partial charge in [0.1, 0.15) is 5.60 Å². The number of pyridine rings is 1. The van der Waals surface area contributed by atoms with E-state index < -0.39 is 11.7 Å². The molecule has 10 heteroatoms. The van der Waals surface area contributed by atoms with Gasteiger partial charge in [0, 0.05) is 41.3 Å². The Hall–Kier alpha value is -4.47. The van der Waals surface area contributed by atoms with Crippen LogP contribution in [0.3, 0.4) is 0 Å². The second-order valence-corrected chi connectivity index (χ2v) is 11.2. The van der Waals surface area contributed by atoms with Crippen molar-refractivity contribution in [2.24, 2.45) is 0 Å². The molecule has 10 nitrogen and oxygen atoms in total. The lowest BCUT2D eigenvalue weighted by Crippen LogP contribution is -2.42. The SMILES string of the molecule is Cc1cnc(N[C@@H]2CCC[C@H](NC(=O)c3ccc(NC(=O)OC(C)(C)C)cc3)C2)nc1-c1cnn2ccccc12.